The molecule has 5 rings (SSSR count). The normalized spacial score (nSPS) is 16.3. The van der Waals surface area contributed by atoms with Crippen LogP contribution in [0.25, 0.3) is 10.9 Å². The van der Waals surface area contributed by atoms with Crippen LogP contribution in [0.3, 0.4) is 0 Å². The summed E-state index contributed by atoms with van der Waals surface area (Å²) >= 11 is 3.06. The highest BCUT2D eigenvalue weighted by Gasteiger charge is 2.38. The van der Waals surface area contributed by atoms with Crippen LogP contribution in [0, 0.1) is 11.8 Å². The molecule has 4 N–H and O–H groups in total. The lowest BCUT2D eigenvalue weighted by Gasteiger charge is -2.29. The topological polar surface area (TPSA) is 152 Å². The number of para-hydroxylation sites is 1. The molecule has 1 aliphatic rings. The van der Waals surface area contributed by atoms with E-state index in [9.17, 15) is 34.8 Å². The smallest absolute Gasteiger partial charge is 0.497 e. The molecule has 0 aliphatic heterocycles. The Labute approximate surface area is 309 Å². The summed E-state index contributed by atoms with van der Waals surface area (Å²) in [6.45, 7) is 1.49. The maximum atomic E-state index is 12.9. The summed E-state index contributed by atoms with van der Waals surface area (Å²) in [4.78, 5) is 17.8. The predicted molar refractivity (Wildman–Crippen MR) is 188 cm³/mol. The highest BCUT2D eigenvalue weighted by atomic mass is 79.9. The Morgan fingerprint density at radius 2 is 1.53 bits per heavy atom. The van der Waals surface area contributed by atoms with Gasteiger partial charge in [0.2, 0.25) is 16.0 Å². The van der Waals surface area contributed by atoms with E-state index in [0.29, 0.717) is 25.0 Å². The van der Waals surface area contributed by atoms with Crippen molar-refractivity contribution >= 4 is 54.6 Å². The molecule has 0 unspecified atom stereocenters. The molecule has 53 heavy (non-hydrogen) atoms. The molecule has 0 bridgehead atoms. The van der Waals surface area contributed by atoms with Gasteiger partial charge in [0.25, 0.3) is 0 Å². The molecule has 0 atom stereocenters. The zero-order valence-corrected chi connectivity index (χ0v) is 30.5. The second kappa shape index (κ2) is 18.1. The van der Waals surface area contributed by atoms with Crippen molar-refractivity contribution in [3.63, 3.8) is 0 Å². The molecular formula is C34H36BrF6N5O6S. The van der Waals surface area contributed by atoms with Gasteiger partial charge in [-0.25, -0.2) is 22.9 Å². The number of carboxylic acids is 1. The lowest BCUT2D eigenvalue weighted by Crippen LogP contribution is -2.33. The van der Waals surface area contributed by atoms with Gasteiger partial charge in [0.05, 0.1) is 12.6 Å². The minimum atomic E-state index is -5.08. The number of carboxylic acid groups (broad SMARTS) is 1. The third-order valence-electron chi connectivity index (χ3n) is 8.21. The highest BCUT2D eigenvalue weighted by Crippen LogP contribution is 2.33. The molecule has 0 radical (unpaired) electrons. The van der Waals surface area contributed by atoms with E-state index < -0.39 is 39.2 Å². The monoisotopic (exact) mass is 835 g/mol. The number of carbonyl (C=O) groups is 1. The number of hydrogen-bond acceptors (Lipinski definition) is 9. The number of nitrogens with zero attached hydrogens (tertiary/aromatic N) is 2. The molecular weight excluding hydrogens is 800 g/mol. The fraction of sp³-hybridized carbons (Fsp3) is 0.382. The van der Waals surface area contributed by atoms with E-state index in [4.69, 9.17) is 24.6 Å². The van der Waals surface area contributed by atoms with Crippen LogP contribution in [0.1, 0.15) is 31.2 Å². The highest BCUT2D eigenvalue weighted by molar-refractivity contribution is 9.10. The number of ether oxygens (including phenoxy) is 2. The van der Waals surface area contributed by atoms with Crippen molar-refractivity contribution in [1.82, 2.24) is 14.7 Å². The minimum absolute atomic E-state index is 0.0619. The number of hydrogen-bond donors (Lipinski definition) is 4. The fourth-order valence-electron chi connectivity index (χ4n) is 5.50. The second-order valence-corrected chi connectivity index (χ2v) is 14.7. The van der Waals surface area contributed by atoms with Crippen LogP contribution in [-0.2, 0) is 21.2 Å². The van der Waals surface area contributed by atoms with E-state index in [1.807, 2.05) is 48.5 Å². The summed E-state index contributed by atoms with van der Waals surface area (Å²) < 4.78 is 108. The molecule has 11 nitrogen and oxygen atoms in total. The van der Waals surface area contributed by atoms with Crippen LogP contribution in [0.4, 0.5) is 38.1 Å². The van der Waals surface area contributed by atoms with E-state index in [1.165, 1.54) is 11.6 Å². The largest absolute Gasteiger partial charge is 0.573 e. The van der Waals surface area contributed by atoms with Crippen molar-refractivity contribution in [2.45, 2.75) is 49.5 Å². The number of anilines is 2. The van der Waals surface area contributed by atoms with Crippen molar-refractivity contribution in [2.75, 3.05) is 37.4 Å². The van der Waals surface area contributed by atoms with Gasteiger partial charge in [-0.05, 0) is 92.0 Å². The van der Waals surface area contributed by atoms with E-state index in [2.05, 4.69) is 36.0 Å². The Kier molecular flexibility index (Phi) is 14.1. The van der Waals surface area contributed by atoms with Gasteiger partial charge in [0, 0.05) is 29.5 Å². The first-order valence-corrected chi connectivity index (χ1v) is 18.4. The van der Waals surface area contributed by atoms with Crippen molar-refractivity contribution in [1.29, 1.82) is 0 Å². The Morgan fingerprint density at radius 1 is 0.906 bits per heavy atom. The number of aliphatic carboxylic acids is 1. The summed E-state index contributed by atoms with van der Waals surface area (Å²) in [7, 11) is -2.58. The number of sulfonamides is 1. The number of benzene rings is 3. The lowest BCUT2D eigenvalue weighted by atomic mass is 9.82. The number of fused-ring (bicyclic) bond motifs is 1. The molecule has 1 saturated carbocycles. The quantitative estimate of drug-likeness (QED) is 0.0984. The van der Waals surface area contributed by atoms with Crippen molar-refractivity contribution in [2.24, 2.45) is 11.8 Å². The standard InChI is InChI=1S/C32H35BrF3N5O4S.C2HF3O2/c1-44-25-13-10-21(11-14-25)16-17-37-30-26-4-2-3-5-27(26)40-31(41-30)38-19-22-6-8-23(9-7-22)20-39-46(42,43)29-15-12-24(33)18-28(29)45-32(34,35)36;3-2(4,5)1(6)7/h2-5,10-15,18,22-23,39H,6-9,16-17,19-20H2,1H3,(H2,37,38,40,41);(H,6,7). The maximum absolute atomic E-state index is 12.9. The second-order valence-electron chi connectivity index (χ2n) is 12.0. The summed E-state index contributed by atoms with van der Waals surface area (Å²) in [6.07, 6.45) is -6.02. The molecule has 0 amide bonds. The van der Waals surface area contributed by atoms with Crippen LogP contribution in [0.15, 0.2) is 76.1 Å². The van der Waals surface area contributed by atoms with Crippen molar-refractivity contribution < 1.29 is 54.1 Å². The van der Waals surface area contributed by atoms with Crippen molar-refractivity contribution in [3.8, 4) is 11.5 Å². The third-order valence-corrected chi connectivity index (χ3v) is 10.2. The fourth-order valence-corrected chi connectivity index (χ4v) is 7.06. The van der Waals surface area contributed by atoms with Crippen molar-refractivity contribution in [3.05, 3.63) is 76.8 Å². The molecule has 0 saturated heterocycles. The molecule has 1 heterocycles. The molecule has 1 aromatic heterocycles. The number of aromatic nitrogens is 2. The molecule has 1 aliphatic carbocycles. The third kappa shape index (κ3) is 12.9. The Bertz CT molecular complexity index is 1940. The average Bonchev–Trinajstić information content (AvgIpc) is 3.09. The maximum Gasteiger partial charge on any atom is 0.573 e. The molecule has 288 valence electrons. The number of alkyl halides is 6. The number of halogens is 7. The van der Waals surface area contributed by atoms with Gasteiger partial charge in [-0.1, -0.05) is 40.2 Å². The van der Waals surface area contributed by atoms with Gasteiger partial charge in [-0.2, -0.15) is 18.2 Å². The van der Waals surface area contributed by atoms with Crippen LogP contribution >= 0.6 is 15.9 Å². The lowest BCUT2D eigenvalue weighted by molar-refractivity contribution is -0.275. The first-order valence-electron chi connectivity index (χ1n) is 16.2. The molecule has 1 fully saturated rings. The van der Waals surface area contributed by atoms with Crippen LogP contribution < -0.4 is 24.8 Å². The van der Waals surface area contributed by atoms with E-state index in [0.717, 1.165) is 66.7 Å². The number of nitrogens with one attached hydrogen (secondary N) is 3. The van der Waals surface area contributed by atoms with Crippen LogP contribution in [0.2, 0.25) is 0 Å². The van der Waals surface area contributed by atoms with Gasteiger partial charge < -0.3 is 25.2 Å². The minimum Gasteiger partial charge on any atom is -0.497 e. The summed E-state index contributed by atoms with van der Waals surface area (Å²) in [5, 5.41) is 14.9. The zero-order valence-electron chi connectivity index (χ0n) is 28.1. The summed E-state index contributed by atoms with van der Waals surface area (Å²) in [6, 6.07) is 19.3. The Balaban J connectivity index is 0.000000815. The van der Waals surface area contributed by atoms with Gasteiger partial charge >= 0.3 is 18.5 Å². The van der Waals surface area contributed by atoms with E-state index >= 15 is 0 Å². The Hall–Kier alpha value is -4.36. The SMILES string of the molecule is COc1ccc(CCNc2nc(NCC3CCC(CNS(=O)(=O)c4ccc(Br)cc4OC(F)(F)F)CC3)nc3ccccc23)cc1.O=C(O)C(F)(F)F. The molecule has 4 aromatic rings. The summed E-state index contributed by atoms with van der Waals surface area (Å²) in [5.41, 5.74) is 2.01. The molecule has 0 spiro atoms. The van der Waals surface area contributed by atoms with Crippen LogP contribution in [0.5, 0.6) is 11.5 Å². The number of rotatable bonds is 13. The molecule has 3 aromatic carbocycles. The number of methoxy groups -OCH3 is 1. The first kappa shape index (κ1) is 41.4. The van der Waals surface area contributed by atoms with E-state index in [1.54, 1.807) is 7.11 Å². The zero-order chi connectivity index (χ0) is 38.8. The van der Waals surface area contributed by atoms with Gasteiger partial charge in [0.1, 0.15) is 16.5 Å². The van der Waals surface area contributed by atoms with Gasteiger partial charge in [-0.3, -0.25) is 0 Å². The molecule has 19 heteroatoms. The summed E-state index contributed by atoms with van der Waals surface area (Å²) in [5.74, 6) is -1.03. The Morgan fingerprint density at radius 3 is 2.13 bits per heavy atom. The first-order chi connectivity index (χ1) is 24.9. The van der Waals surface area contributed by atoms with E-state index in [-0.39, 0.29) is 16.9 Å². The predicted octanol–water partition coefficient (Wildman–Crippen LogP) is 7.78. The average molecular weight is 837 g/mol. The van der Waals surface area contributed by atoms with Gasteiger partial charge in [-0.15, -0.1) is 13.2 Å². The van der Waals surface area contributed by atoms with Gasteiger partial charge in [0.15, 0.2) is 5.75 Å². The van der Waals surface area contributed by atoms with Crippen LogP contribution in [-0.4, -0.2) is 68.7 Å².